The summed E-state index contributed by atoms with van der Waals surface area (Å²) in [5.74, 6) is 1.94. The highest BCUT2D eigenvalue weighted by molar-refractivity contribution is 6.74. The zero-order valence-electron chi connectivity index (χ0n) is 30.0. The lowest BCUT2D eigenvalue weighted by molar-refractivity contribution is 0.0462. The summed E-state index contributed by atoms with van der Waals surface area (Å²) in [6, 6.07) is 26.4. The van der Waals surface area contributed by atoms with E-state index in [-0.39, 0.29) is 10.6 Å². The first-order valence-corrected chi connectivity index (χ1v) is 20.3. The smallest absolute Gasteiger partial charge is 0.281 e. The monoisotopic (exact) mass is 661 g/mol. The van der Waals surface area contributed by atoms with Crippen LogP contribution in [0.1, 0.15) is 95.8 Å². The van der Waals surface area contributed by atoms with Crippen LogP contribution in [0.4, 0.5) is 0 Å². The highest BCUT2D eigenvalue weighted by atomic mass is 28.4. The van der Waals surface area contributed by atoms with Gasteiger partial charge in [0.25, 0.3) is 5.56 Å². The van der Waals surface area contributed by atoms with Crippen molar-refractivity contribution in [2.45, 2.75) is 110 Å². The van der Waals surface area contributed by atoms with Gasteiger partial charge in [-0.15, -0.1) is 0 Å². The molecule has 0 atom stereocenters. The van der Waals surface area contributed by atoms with E-state index in [4.69, 9.17) is 14.1 Å². The van der Waals surface area contributed by atoms with Gasteiger partial charge in [0.15, 0.2) is 8.32 Å². The summed E-state index contributed by atoms with van der Waals surface area (Å²) in [6.45, 7) is 18.7. The van der Waals surface area contributed by atoms with Gasteiger partial charge in [0.2, 0.25) is 0 Å². The lowest BCUT2D eigenvalue weighted by Crippen LogP contribution is -2.46. The van der Waals surface area contributed by atoms with Crippen molar-refractivity contribution in [3.05, 3.63) is 106 Å². The first kappa shape index (κ1) is 35.3. The van der Waals surface area contributed by atoms with Crippen molar-refractivity contribution in [2.75, 3.05) is 6.61 Å². The van der Waals surface area contributed by atoms with Crippen LogP contribution in [0.3, 0.4) is 0 Å². The third kappa shape index (κ3) is 8.17. The van der Waals surface area contributed by atoms with Gasteiger partial charge in [0.1, 0.15) is 17.2 Å². The average molecular weight is 662 g/mol. The number of aromatic nitrogens is 2. The highest BCUT2D eigenvalue weighted by Gasteiger charge is 2.39. The van der Waals surface area contributed by atoms with Crippen LogP contribution in [0.15, 0.2) is 77.6 Å². The van der Waals surface area contributed by atoms with Gasteiger partial charge in [-0.05, 0) is 91.7 Å². The number of aryl methyl sites for hydroxylation is 1. The van der Waals surface area contributed by atoms with E-state index in [9.17, 15) is 10.1 Å². The molecule has 1 aliphatic carbocycles. The summed E-state index contributed by atoms with van der Waals surface area (Å²) in [4.78, 5) is 18.5. The predicted octanol–water partition coefficient (Wildman–Crippen LogP) is 9.90. The topological polar surface area (TPSA) is 77.1 Å². The number of ether oxygens (including phenoxy) is 1. The van der Waals surface area contributed by atoms with Crippen molar-refractivity contribution < 1.29 is 9.16 Å². The predicted molar refractivity (Wildman–Crippen MR) is 198 cm³/mol. The van der Waals surface area contributed by atoms with Crippen molar-refractivity contribution in [1.29, 1.82) is 5.26 Å². The van der Waals surface area contributed by atoms with E-state index in [2.05, 4.69) is 89.5 Å². The number of nitrogens with zero attached hydrogens (tertiary/aromatic N) is 3. The Morgan fingerprint density at radius 1 is 0.938 bits per heavy atom. The maximum absolute atomic E-state index is 13.8. The summed E-state index contributed by atoms with van der Waals surface area (Å²) in [5, 5.41) is 9.73. The second-order valence-corrected chi connectivity index (χ2v) is 20.2. The molecule has 0 N–H and O–H groups in total. The standard InChI is InChI=1S/C41H51N3O3Si/c1-9-10-15-36-43-39(45)37(31-22-24-34(25-23-31)47-41(5,6)28-46-48(7,8)40(2,3)4)38(32-20-21-32)44(36)27-29-16-18-30(19-17-29)35-14-12-11-13-33(35)26-42/h11-14,16-19,22-25,32H,9-10,15,20-21,27-28H2,1-8H3. The van der Waals surface area contributed by atoms with Crippen LogP contribution in [0.25, 0.3) is 22.3 Å². The van der Waals surface area contributed by atoms with Crippen molar-refractivity contribution in [2.24, 2.45) is 0 Å². The normalized spacial score (nSPS) is 13.7. The van der Waals surface area contributed by atoms with E-state index >= 15 is 0 Å². The molecule has 0 radical (unpaired) electrons. The Morgan fingerprint density at radius 2 is 1.58 bits per heavy atom. The number of benzene rings is 3. The second-order valence-electron chi connectivity index (χ2n) is 15.3. The van der Waals surface area contributed by atoms with Crippen molar-refractivity contribution in [1.82, 2.24) is 9.55 Å². The van der Waals surface area contributed by atoms with Gasteiger partial charge >= 0.3 is 0 Å². The van der Waals surface area contributed by atoms with Gasteiger partial charge in [-0.25, -0.2) is 0 Å². The molecule has 252 valence electrons. The minimum absolute atomic E-state index is 0.130. The Balaban J connectivity index is 1.45. The molecule has 0 spiro atoms. The molecular weight excluding hydrogens is 611 g/mol. The van der Waals surface area contributed by atoms with Gasteiger partial charge in [-0.3, -0.25) is 4.79 Å². The SMILES string of the molecule is CCCCc1nc(=O)c(-c2ccc(OC(C)(C)CO[Si](C)(C)C(C)(C)C)cc2)c(C2CC2)n1Cc1ccc(-c2ccccc2C#N)cc1. The Kier molecular flexibility index (Phi) is 10.5. The summed E-state index contributed by atoms with van der Waals surface area (Å²) in [6.07, 6.45) is 4.90. The molecule has 1 heterocycles. The molecule has 0 amide bonds. The summed E-state index contributed by atoms with van der Waals surface area (Å²) >= 11 is 0. The van der Waals surface area contributed by atoms with Crippen molar-refractivity contribution >= 4 is 8.32 Å². The lowest BCUT2D eigenvalue weighted by Gasteiger charge is -2.39. The van der Waals surface area contributed by atoms with Crippen LogP contribution in [0.2, 0.25) is 18.1 Å². The average Bonchev–Trinajstić information content (AvgIpc) is 3.89. The maximum Gasteiger partial charge on any atom is 0.281 e. The molecule has 1 aromatic heterocycles. The molecular formula is C41H51N3O3Si. The Morgan fingerprint density at radius 3 is 2.19 bits per heavy atom. The minimum Gasteiger partial charge on any atom is -0.486 e. The lowest BCUT2D eigenvalue weighted by atomic mass is 9.99. The van der Waals surface area contributed by atoms with Gasteiger partial charge in [0.05, 0.1) is 23.8 Å². The largest absolute Gasteiger partial charge is 0.486 e. The molecule has 1 aliphatic rings. The molecule has 6 nitrogen and oxygen atoms in total. The molecule has 0 unspecified atom stereocenters. The third-order valence-electron chi connectivity index (χ3n) is 9.80. The zero-order chi connectivity index (χ0) is 34.7. The molecule has 0 saturated heterocycles. The quantitative estimate of drug-likeness (QED) is 0.133. The molecule has 0 aliphatic heterocycles. The van der Waals surface area contributed by atoms with Crippen LogP contribution in [-0.2, 0) is 17.4 Å². The van der Waals surface area contributed by atoms with Gasteiger partial charge in [-0.1, -0.05) is 88.7 Å². The van der Waals surface area contributed by atoms with Crippen LogP contribution < -0.4 is 10.3 Å². The molecule has 1 saturated carbocycles. The fourth-order valence-corrected chi connectivity index (χ4v) is 6.93. The number of hydrogen-bond acceptors (Lipinski definition) is 5. The van der Waals surface area contributed by atoms with E-state index < -0.39 is 13.9 Å². The summed E-state index contributed by atoms with van der Waals surface area (Å²) in [7, 11) is -1.91. The van der Waals surface area contributed by atoms with E-state index in [0.29, 0.717) is 30.2 Å². The Labute approximate surface area is 287 Å². The van der Waals surface area contributed by atoms with E-state index in [1.165, 1.54) is 0 Å². The van der Waals surface area contributed by atoms with Crippen LogP contribution in [0.5, 0.6) is 5.75 Å². The minimum atomic E-state index is -1.91. The van der Waals surface area contributed by atoms with Gasteiger partial charge < -0.3 is 13.7 Å². The third-order valence-corrected chi connectivity index (χ3v) is 14.3. The van der Waals surface area contributed by atoms with Gasteiger partial charge in [0, 0.05) is 24.6 Å². The van der Waals surface area contributed by atoms with E-state index in [1.54, 1.807) is 0 Å². The van der Waals surface area contributed by atoms with Crippen LogP contribution >= 0.6 is 0 Å². The molecule has 4 aromatic rings. The maximum atomic E-state index is 13.8. The summed E-state index contributed by atoms with van der Waals surface area (Å²) in [5.41, 5.74) is 5.75. The van der Waals surface area contributed by atoms with E-state index in [1.807, 2.05) is 48.5 Å². The molecule has 0 bridgehead atoms. The first-order chi connectivity index (χ1) is 22.7. The number of hydrogen-bond donors (Lipinski definition) is 0. The fraction of sp³-hybridized carbons (Fsp3) is 0.439. The molecule has 1 fully saturated rings. The van der Waals surface area contributed by atoms with Gasteiger partial charge in [-0.2, -0.15) is 10.2 Å². The molecule has 3 aromatic carbocycles. The number of rotatable bonds is 13. The summed E-state index contributed by atoms with van der Waals surface area (Å²) < 4.78 is 15.2. The molecule has 5 rings (SSSR count). The zero-order valence-corrected chi connectivity index (χ0v) is 31.0. The highest BCUT2D eigenvalue weighted by Crippen LogP contribution is 2.44. The Hall–Kier alpha value is -3.99. The molecule has 48 heavy (non-hydrogen) atoms. The van der Waals surface area contributed by atoms with E-state index in [0.717, 1.165) is 71.6 Å². The number of nitriles is 1. The first-order valence-electron chi connectivity index (χ1n) is 17.4. The van der Waals surface area contributed by atoms with Crippen molar-refractivity contribution in [3.63, 3.8) is 0 Å². The van der Waals surface area contributed by atoms with Crippen LogP contribution in [-0.4, -0.2) is 30.1 Å². The molecule has 7 heteroatoms. The second kappa shape index (κ2) is 14.2. The van der Waals surface area contributed by atoms with Crippen molar-refractivity contribution in [3.8, 4) is 34.1 Å². The van der Waals surface area contributed by atoms with Crippen LogP contribution in [0, 0.1) is 11.3 Å². The fourth-order valence-electron chi connectivity index (χ4n) is 5.79. The number of unbranched alkanes of at least 4 members (excludes halogenated alkanes) is 1. The Bertz CT molecular complexity index is 1820.